The first-order valence-electron chi connectivity index (χ1n) is 8.35. The zero-order chi connectivity index (χ0) is 19.6. The van der Waals surface area contributed by atoms with Gasteiger partial charge in [0.05, 0.1) is 11.4 Å². The molecule has 0 unspecified atom stereocenters. The maximum atomic E-state index is 12.8. The SMILES string of the molecule is CN(C)c1ccc(Cl)cc1NC(=O)NC(c1nccn1C)c1nccn1C. The summed E-state index contributed by atoms with van der Waals surface area (Å²) in [5.74, 6) is 1.36. The standard InChI is InChI=1S/C18H22ClN7O/c1-24(2)14-6-5-12(19)11-13(14)22-18(27)23-15(16-20-7-9-25(16)3)17-21-8-10-26(17)4/h5-11,15H,1-4H3,(H2,22,23,27). The largest absolute Gasteiger partial charge is 0.376 e. The Balaban J connectivity index is 1.87. The van der Waals surface area contributed by atoms with Gasteiger partial charge in [0.1, 0.15) is 17.7 Å². The van der Waals surface area contributed by atoms with Crippen LogP contribution >= 0.6 is 11.6 Å². The molecule has 8 nitrogen and oxygen atoms in total. The van der Waals surface area contributed by atoms with Gasteiger partial charge < -0.3 is 24.7 Å². The van der Waals surface area contributed by atoms with Gasteiger partial charge in [-0.15, -0.1) is 0 Å². The smallest absolute Gasteiger partial charge is 0.320 e. The number of hydrogen-bond donors (Lipinski definition) is 2. The summed E-state index contributed by atoms with van der Waals surface area (Å²) in [6, 6.07) is 4.47. The predicted molar refractivity (Wildman–Crippen MR) is 106 cm³/mol. The summed E-state index contributed by atoms with van der Waals surface area (Å²) in [5.41, 5.74) is 1.46. The number of aryl methyl sites for hydroxylation is 2. The third-order valence-corrected chi connectivity index (χ3v) is 4.43. The number of halogens is 1. The van der Waals surface area contributed by atoms with E-state index in [1.165, 1.54) is 0 Å². The van der Waals surface area contributed by atoms with Gasteiger partial charge in [0.2, 0.25) is 0 Å². The molecule has 27 heavy (non-hydrogen) atoms. The Morgan fingerprint density at radius 2 is 1.70 bits per heavy atom. The number of anilines is 2. The molecule has 3 rings (SSSR count). The van der Waals surface area contributed by atoms with Gasteiger partial charge in [-0.05, 0) is 18.2 Å². The fourth-order valence-electron chi connectivity index (χ4n) is 2.84. The van der Waals surface area contributed by atoms with Crippen LogP contribution in [0.2, 0.25) is 5.02 Å². The Morgan fingerprint density at radius 1 is 1.11 bits per heavy atom. The van der Waals surface area contributed by atoms with Crippen LogP contribution in [-0.2, 0) is 14.1 Å². The second-order valence-corrected chi connectivity index (χ2v) is 6.82. The average Bonchev–Trinajstić information content (AvgIpc) is 3.21. The number of urea groups is 1. The van der Waals surface area contributed by atoms with Crippen LogP contribution in [0.25, 0.3) is 0 Å². The Morgan fingerprint density at radius 3 is 2.19 bits per heavy atom. The molecule has 0 saturated carbocycles. The molecule has 0 aliphatic heterocycles. The number of aromatic nitrogens is 4. The normalized spacial score (nSPS) is 10.9. The molecule has 1 aromatic carbocycles. The first-order valence-corrected chi connectivity index (χ1v) is 8.73. The van der Waals surface area contributed by atoms with Gasteiger partial charge >= 0.3 is 6.03 Å². The number of benzene rings is 1. The minimum Gasteiger partial charge on any atom is -0.376 e. The molecule has 0 aliphatic rings. The molecule has 3 aromatic rings. The Bertz CT molecular complexity index is 907. The van der Waals surface area contributed by atoms with E-state index in [0.29, 0.717) is 22.4 Å². The summed E-state index contributed by atoms with van der Waals surface area (Å²) >= 11 is 6.10. The molecule has 2 heterocycles. The van der Waals surface area contributed by atoms with Crippen LogP contribution in [0, 0.1) is 0 Å². The molecule has 0 fully saturated rings. The first kappa shape index (κ1) is 18.8. The number of amides is 2. The van der Waals surface area contributed by atoms with E-state index in [1.54, 1.807) is 24.5 Å². The minimum atomic E-state index is -0.507. The number of carbonyl (C=O) groups excluding carboxylic acids is 1. The summed E-state index contributed by atoms with van der Waals surface area (Å²) in [4.78, 5) is 23.4. The fraction of sp³-hybridized carbons (Fsp3) is 0.278. The van der Waals surface area contributed by atoms with Crippen molar-refractivity contribution in [2.75, 3.05) is 24.3 Å². The highest BCUT2D eigenvalue weighted by Crippen LogP contribution is 2.28. The molecule has 0 spiro atoms. The number of hydrogen-bond acceptors (Lipinski definition) is 4. The van der Waals surface area contributed by atoms with Crippen LogP contribution in [0.3, 0.4) is 0 Å². The van der Waals surface area contributed by atoms with Crippen molar-refractivity contribution in [3.63, 3.8) is 0 Å². The number of nitrogens with zero attached hydrogens (tertiary/aromatic N) is 5. The predicted octanol–water partition coefficient (Wildman–Crippen LogP) is 2.78. The van der Waals surface area contributed by atoms with E-state index in [0.717, 1.165) is 5.69 Å². The maximum absolute atomic E-state index is 12.8. The molecule has 0 atom stereocenters. The van der Waals surface area contributed by atoms with E-state index >= 15 is 0 Å². The van der Waals surface area contributed by atoms with Crippen LogP contribution in [0.5, 0.6) is 0 Å². The van der Waals surface area contributed by atoms with Crippen molar-refractivity contribution in [1.29, 1.82) is 0 Å². The Hall–Kier alpha value is -3.00. The highest BCUT2D eigenvalue weighted by Gasteiger charge is 2.24. The van der Waals surface area contributed by atoms with Gasteiger partial charge in [0.25, 0.3) is 0 Å². The topological polar surface area (TPSA) is 80.0 Å². The lowest BCUT2D eigenvalue weighted by atomic mass is 10.2. The zero-order valence-corrected chi connectivity index (χ0v) is 16.4. The molecule has 0 saturated heterocycles. The second-order valence-electron chi connectivity index (χ2n) is 6.38. The van der Waals surface area contributed by atoms with Gasteiger partial charge in [0.15, 0.2) is 0 Å². The summed E-state index contributed by atoms with van der Waals surface area (Å²) in [7, 11) is 7.55. The van der Waals surface area contributed by atoms with Crippen LogP contribution in [-0.4, -0.2) is 39.2 Å². The molecule has 0 aliphatic carbocycles. The molecule has 2 aromatic heterocycles. The summed E-state index contributed by atoms with van der Waals surface area (Å²) < 4.78 is 3.70. The van der Waals surface area contributed by atoms with Crippen LogP contribution in [0.4, 0.5) is 16.2 Å². The fourth-order valence-corrected chi connectivity index (χ4v) is 3.02. The number of imidazole rings is 2. The number of rotatable bonds is 5. The van der Waals surface area contributed by atoms with Crippen LogP contribution < -0.4 is 15.5 Å². The summed E-state index contributed by atoms with van der Waals surface area (Å²) in [6.45, 7) is 0. The quantitative estimate of drug-likeness (QED) is 0.705. The van der Waals surface area contributed by atoms with Gasteiger partial charge in [0, 0.05) is 58.0 Å². The molecule has 2 amide bonds. The van der Waals surface area contributed by atoms with Crippen molar-refractivity contribution in [2.45, 2.75) is 6.04 Å². The van der Waals surface area contributed by atoms with E-state index in [1.807, 2.05) is 60.7 Å². The first-order chi connectivity index (χ1) is 12.9. The monoisotopic (exact) mass is 387 g/mol. The molecule has 142 valence electrons. The second kappa shape index (κ2) is 7.71. The van der Waals surface area contributed by atoms with Gasteiger partial charge in [-0.3, -0.25) is 0 Å². The minimum absolute atomic E-state index is 0.378. The lowest BCUT2D eigenvalue weighted by Gasteiger charge is -2.21. The van der Waals surface area contributed by atoms with E-state index in [2.05, 4.69) is 20.6 Å². The van der Waals surface area contributed by atoms with Gasteiger partial charge in [-0.1, -0.05) is 11.6 Å². The molecule has 2 N–H and O–H groups in total. The summed E-state index contributed by atoms with van der Waals surface area (Å²) in [5, 5.41) is 6.38. The van der Waals surface area contributed by atoms with E-state index < -0.39 is 6.04 Å². The van der Waals surface area contributed by atoms with Gasteiger partial charge in [-0.2, -0.15) is 0 Å². The Labute approximate surface area is 162 Å². The van der Waals surface area contributed by atoms with Crippen molar-refractivity contribution in [3.05, 3.63) is 59.7 Å². The average molecular weight is 388 g/mol. The Kier molecular flexibility index (Phi) is 5.36. The van der Waals surface area contributed by atoms with Gasteiger partial charge in [-0.25, -0.2) is 14.8 Å². The highest BCUT2D eigenvalue weighted by molar-refractivity contribution is 6.31. The van der Waals surface area contributed by atoms with E-state index in [9.17, 15) is 4.79 Å². The van der Waals surface area contributed by atoms with Crippen LogP contribution in [0.15, 0.2) is 43.0 Å². The molecule has 9 heteroatoms. The van der Waals surface area contributed by atoms with Crippen molar-refractivity contribution in [2.24, 2.45) is 14.1 Å². The number of carbonyl (C=O) groups is 1. The molecular formula is C18H22ClN7O. The third kappa shape index (κ3) is 4.06. The van der Waals surface area contributed by atoms with Crippen LogP contribution in [0.1, 0.15) is 17.7 Å². The highest BCUT2D eigenvalue weighted by atomic mass is 35.5. The number of nitrogens with one attached hydrogen (secondary N) is 2. The molecule has 0 radical (unpaired) electrons. The van der Waals surface area contributed by atoms with Crippen molar-refractivity contribution in [1.82, 2.24) is 24.4 Å². The molecule has 0 bridgehead atoms. The van der Waals surface area contributed by atoms with E-state index in [-0.39, 0.29) is 6.03 Å². The summed E-state index contributed by atoms with van der Waals surface area (Å²) in [6.07, 6.45) is 7.02. The lowest BCUT2D eigenvalue weighted by molar-refractivity contribution is 0.249. The lowest BCUT2D eigenvalue weighted by Crippen LogP contribution is -2.36. The van der Waals surface area contributed by atoms with Crippen molar-refractivity contribution < 1.29 is 4.79 Å². The van der Waals surface area contributed by atoms with Crippen molar-refractivity contribution >= 4 is 29.0 Å². The maximum Gasteiger partial charge on any atom is 0.320 e. The van der Waals surface area contributed by atoms with Crippen molar-refractivity contribution in [3.8, 4) is 0 Å². The van der Waals surface area contributed by atoms with E-state index in [4.69, 9.17) is 11.6 Å². The third-order valence-electron chi connectivity index (χ3n) is 4.20. The zero-order valence-electron chi connectivity index (χ0n) is 15.6. The molecular weight excluding hydrogens is 366 g/mol.